The summed E-state index contributed by atoms with van der Waals surface area (Å²) in [6, 6.07) is 7.95. The first-order valence-corrected chi connectivity index (χ1v) is 5.61. The Labute approximate surface area is 95.1 Å². The van der Waals surface area contributed by atoms with Gasteiger partial charge < -0.3 is 4.90 Å². The number of piperidine rings is 1. The van der Waals surface area contributed by atoms with Gasteiger partial charge in [-0.05, 0) is 24.1 Å². The van der Waals surface area contributed by atoms with E-state index in [1.54, 1.807) is 4.90 Å². The summed E-state index contributed by atoms with van der Waals surface area (Å²) < 4.78 is 0. The fourth-order valence-corrected chi connectivity index (χ4v) is 1.93. The molecular formula is C13H15NO2. The highest BCUT2D eigenvalue weighted by Crippen LogP contribution is 2.20. The van der Waals surface area contributed by atoms with Crippen molar-refractivity contribution in [2.75, 3.05) is 11.4 Å². The van der Waals surface area contributed by atoms with Crippen molar-refractivity contribution in [1.29, 1.82) is 0 Å². The van der Waals surface area contributed by atoms with E-state index < -0.39 is 0 Å². The minimum atomic E-state index is -0.0792. The summed E-state index contributed by atoms with van der Waals surface area (Å²) in [7, 11) is 0. The fraction of sp³-hybridized carbons (Fsp3) is 0.385. The van der Waals surface area contributed by atoms with Crippen LogP contribution in [0.1, 0.15) is 25.3 Å². The maximum Gasteiger partial charge on any atom is 0.234 e. The van der Waals surface area contributed by atoms with Gasteiger partial charge in [0.05, 0.1) is 6.42 Å². The molecule has 1 aliphatic rings. The largest absolute Gasteiger partial charge is 0.312 e. The third-order valence-corrected chi connectivity index (χ3v) is 2.89. The van der Waals surface area contributed by atoms with Gasteiger partial charge in [-0.3, -0.25) is 9.59 Å². The molecule has 2 rings (SSSR count). The molecule has 1 fully saturated rings. The Morgan fingerprint density at radius 3 is 2.81 bits per heavy atom. The molecule has 0 aliphatic carbocycles. The molecule has 3 nitrogen and oxygen atoms in total. The van der Waals surface area contributed by atoms with Crippen LogP contribution in [0.25, 0.3) is 0 Å². The summed E-state index contributed by atoms with van der Waals surface area (Å²) in [6.45, 7) is 2.60. The van der Waals surface area contributed by atoms with Crippen LogP contribution in [0.4, 0.5) is 5.69 Å². The first-order valence-electron chi connectivity index (χ1n) is 5.61. The first-order chi connectivity index (χ1) is 7.70. The third kappa shape index (κ3) is 2.13. The summed E-state index contributed by atoms with van der Waals surface area (Å²) in [6.07, 6.45) is 1.48. The molecule has 16 heavy (non-hydrogen) atoms. The lowest BCUT2D eigenvalue weighted by molar-refractivity contribution is -0.128. The highest BCUT2D eigenvalue weighted by Gasteiger charge is 2.24. The van der Waals surface area contributed by atoms with E-state index in [1.165, 1.54) is 5.56 Å². The van der Waals surface area contributed by atoms with Crippen molar-refractivity contribution >= 4 is 17.4 Å². The molecule has 0 radical (unpaired) electrons. The number of amides is 1. The molecular weight excluding hydrogens is 202 g/mol. The van der Waals surface area contributed by atoms with Gasteiger partial charge >= 0.3 is 0 Å². The lowest BCUT2D eigenvalue weighted by Crippen LogP contribution is -2.39. The molecule has 84 valence electrons. The number of Topliss-reactive ketones (excluding diaryl/α,β-unsaturated/α-hetero) is 1. The molecule has 0 aromatic heterocycles. The van der Waals surface area contributed by atoms with Crippen LogP contribution in [-0.2, 0) is 16.0 Å². The van der Waals surface area contributed by atoms with Crippen LogP contribution in [-0.4, -0.2) is 18.2 Å². The summed E-state index contributed by atoms with van der Waals surface area (Å²) in [5.41, 5.74) is 2.12. The summed E-state index contributed by atoms with van der Waals surface area (Å²) >= 11 is 0. The highest BCUT2D eigenvalue weighted by molar-refractivity contribution is 6.08. The number of benzene rings is 1. The number of anilines is 1. The Bertz CT molecular complexity index is 426. The summed E-state index contributed by atoms with van der Waals surface area (Å²) in [5.74, 6) is -0.0302. The molecule has 0 unspecified atom stereocenters. The Hall–Kier alpha value is -1.64. The van der Waals surface area contributed by atoms with E-state index in [4.69, 9.17) is 0 Å². The zero-order valence-corrected chi connectivity index (χ0v) is 9.40. The molecule has 0 atom stereocenters. The molecule has 0 bridgehead atoms. The van der Waals surface area contributed by atoms with Crippen molar-refractivity contribution in [3.63, 3.8) is 0 Å². The molecule has 3 heteroatoms. The number of carbonyl (C=O) groups is 2. The van der Waals surface area contributed by atoms with E-state index in [2.05, 4.69) is 6.92 Å². The number of carbonyl (C=O) groups excluding carboxylic acids is 2. The quantitative estimate of drug-likeness (QED) is 0.710. The molecule has 1 heterocycles. The molecule has 1 amide bonds. The third-order valence-electron chi connectivity index (χ3n) is 2.89. The van der Waals surface area contributed by atoms with E-state index in [-0.39, 0.29) is 18.1 Å². The molecule has 1 aromatic carbocycles. The second kappa shape index (κ2) is 4.47. The number of rotatable bonds is 2. The maximum absolute atomic E-state index is 11.7. The van der Waals surface area contributed by atoms with Gasteiger partial charge in [0.1, 0.15) is 5.78 Å². The number of hydrogen-bond donors (Lipinski definition) is 0. The summed E-state index contributed by atoms with van der Waals surface area (Å²) in [5, 5.41) is 0. The maximum atomic E-state index is 11.7. The van der Waals surface area contributed by atoms with Crippen LogP contribution >= 0.6 is 0 Å². The van der Waals surface area contributed by atoms with Crippen molar-refractivity contribution in [3.05, 3.63) is 29.8 Å². The van der Waals surface area contributed by atoms with Crippen molar-refractivity contribution in [2.45, 2.75) is 26.2 Å². The lowest BCUT2D eigenvalue weighted by Gasteiger charge is -2.26. The average Bonchev–Trinajstić information content (AvgIpc) is 2.29. The van der Waals surface area contributed by atoms with E-state index >= 15 is 0 Å². The van der Waals surface area contributed by atoms with Crippen molar-refractivity contribution in [1.82, 2.24) is 0 Å². The Morgan fingerprint density at radius 2 is 2.12 bits per heavy atom. The van der Waals surface area contributed by atoms with E-state index in [0.717, 1.165) is 12.1 Å². The molecule has 0 N–H and O–H groups in total. The molecule has 1 saturated heterocycles. The number of ketones is 1. The van der Waals surface area contributed by atoms with Crippen molar-refractivity contribution < 1.29 is 9.59 Å². The minimum absolute atomic E-state index is 0.0490. The Kier molecular flexibility index (Phi) is 3.04. The Balaban J connectivity index is 2.23. The number of aryl methyl sites for hydroxylation is 1. The van der Waals surface area contributed by atoms with Crippen LogP contribution in [0.15, 0.2) is 24.3 Å². The van der Waals surface area contributed by atoms with Gasteiger partial charge in [-0.2, -0.15) is 0 Å². The highest BCUT2D eigenvalue weighted by atomic mass is 16.2. The lowest BCUT2D eigenvalue weighted by atomic mass is 10.1. The van der Waals surface area contributed by atoms with Gasteiger partial charge in [0.2, 0.25) is 5.91 Å². The van der Waals surface area contributed by atoms with Crippen LogP contribution in [0, 0.1) is 0 Å². The van der Waals surface area contributed by atoms with Gasteiger partial charge in [0.15, 0.2) is 0 Å². The standard InChI is InChI=1S/C13H15NO2/c1-2-10-4-3-5-11(8-10)14-7-6-12(15)9-13(14)16/h3-5,8H,2,6-7,9H2,1H3. The molecule has 1 aliphatic heterocycles. The van der Waals surface area contributed by atoms with Gasteiger partial charge in [-0.15, -0.1) is 0 Å². The molecule has 0 spiro atoms. The fourth-order valence-electron chi connectivity index (χ4n) is 1.93. The normalized spacial score (nSPS) is 16.7. The van der Waals surface area contributed by atoms with Gasteiger partial charge in [0, 0.05) is 18.7 Å². The van der Waals surface area contributed by atoms with Crippen molar-refractivity contribution in [2.24, 2.45) is 0 Å². The number of nitrogens with zero attached hydrogens (tertiary/aromatic N) is 1. The number of hydrogen-bond acceptors (Lipinski definition) is 2. The van der Waals surface area contributed by atoms with E-state index in [9.17, 15) is 9.59 Å². The van der Waals surface area contributed by atoms with Crippen LogP contribution < -0.4 is 4.90 Å². The SMILES string of the molecule is CCc1cccc(N2CCC(=O)CC2=O)c1. The van der Waals surface area contributed by atoms with Crippen LogP contribution in [0.5, 0.6) is 0 Å². The predicted molar refractivity (Wildman–Crippen MR) is 62.4 cm³/mol. The zero-order valence-electron chi connectivity index (χ0n) is 9.40. The van der Waals surface area contributed by atoms with Gasteiger partial charge in [-0.25, -0.2) is 0 Å². The minimum Gasteiger partial charge on any atom is -0.312 e. The smallest absolute Gasteiger partial charge is 0.234 e. The van der Waals surface area contributed by atoms with E-state index in [1.807, 2.05) is 24.3 Å². The van der Waals surface area contributed by atoms with Gasteiger partial charge in [0.25, 0.3) is 0 Å². The van der Waals surface area contributed by atoms with Crippen LogP contribution in [0.2, 0.25) is 0 Å². The monoisotopic (exact) mass is 217 g/mol. The summed E-state index contributed by atoms with van der Waals surface area (Å²) in [4.78, 5) is 24.5. The second-order valence-corrected chi connectivity index (χ2v) is 4.03. The van der Waals surface area contributed by atoms with Crippen molar-refractivity contribution in [3.8, 4) is 0 Å². The second-order valence-electron chi connectivity index (χ2n) is 4.03. The Morgan fingerprint density at radius 1 is 1.31 bits per heavy atom. The van der Waals surface area contributed by atoms with Gasteiger partial charge in [-0.1, -0.05) is 19.1 Å². The zero-order chi connectivity index (χ0) is 11.5. The average molecular weight is 217 g/mol. The predicted octanol–water partition coefficient (Wildman–Crippen LogP) is 1.94. The topological polar surface area (TPSA) is 37.4 Å². The first kappa shape index (κ1) is 10.9. The molecule has 0 saturated carbocycles. The molecule has 1 aromatic rings. The van der Waals surface area contributed by atoms with E-state index in [0.29, 0.717) is 13.0 Å². The van der Waals surface area contributed by atoms with Crippen LogP contribution in [0.3, 0.4) is 0 Å².